The van der Waals surface area contributed by atoms with Crippen LogP contribution in [0.3, 0.4) is 0 Å². The summed E-state index contributed by atoms with van der Waals surface area (Å²) in [6, 6.07) is 8.10. The van der Waals surface area contributed by atoms with E-state index in [0.29, 0.717) is 11.4 Å². The van der Waals surface area contributed by atoms with E-state index in [1.807, 2.05) is 0 Å². The molecule has 3 aromatic rings. The summed E-state index contributed by atoms with van der Waals surface area (Å²) in [5, 5.41) is 10.1. The highest BCUT2D eigenvalue weighted by Crippen LogP contribution is 2.29. The standard InChI is InChI=1S/C21H19F4N5O/c22-14-5-7-15(8-6-14)30-17-3-1-2-16(17)19(29-30)20(31)27-11-10-26-18-9-4-13(12-28-18)21(23,24)25/h4-9,12H,1-3,10-11H2,(H,26,28)(H,27,31). The number of alkyl halides is 3. The van der Waals surface area contributed by atoms with E-state index in [0.717, 1.165) is 42.8 Å². The van der Waals surface area contributed by atoms with E-state index in [9.17, 15) is 22.4 Å². The molecule has 0 radical (unpaired) electrons. The van der Waals surface area contributed by atoms with Crippen molar-refractivity contribution in [1.29, 1.82) is 0 Å². The number of carbonyl (C=O) groups is 1. The zero-order chi connectivity index (χ0) is 22.0. The Morgan fingerprint density at radius 1 is 1.06 bits per heavy atom. The lowest BCUT2D eigenvalue weighted by Gasteiger charge is -2.09. The van der Waals surface area contributed by atoms with Crippen LogP contribution in [0.1, 0.15) is 33.7 Å². The third-order valence-electron chi connectivity index (χ3n) is 5.02. The van der Waals surface area contributed by atoms with Gasteiger partial charge in [-0.25, -0.2) is 14.1 Å². The molecule has 31 heavy (non-hydrogen) atoms. The normalized spacial score (nSPS) is 13.2. The van der Waals surface area contributed by atoms with Crippen LogP contribution in [0.25, 0.3) is 5.69 Å². The van der Waals surface area contributed by atoms with Crippen molar-refractivity contribution in [1.82, 2.24) is 20.1 Å². The molecule has 1 amide bonds. The molecule has 162 valence electrons. The molecule has 1 aliphatic rings. The Hall–Kier alpha value is -3.43. The van der Waals surface area contributed by atoms with Gasteiger partial charge in [-0.3, -0.25) is 4.79 Å². The van der Waals surface area contributed by atoms with E-state index < -0.39 is 11.7 Å². The van der Waals surface area contributed by atoms with Gasteiger partial charge >= 0.3 is 6.18 Å². The summed E-state index contributed by atoms with van der Waals surface area (Å²) in [7, 11) is 0. The lowest BCUT2D eigenvalue weighted by atomic mass is 10.2. The van der Waals surface area contributed by atoms with Gasteiger partial charge in [-0.1, -0.05) is 0 Å². The van der Waals surface area contributed by atoms with E-state index in [1.54, 1.807) is 16.8 Å². The molecule has 0 bridgehead atoms. The minimum Gasteiger partial charge on any atom is -0.368 e. The molecule has 2 heterocycles. The Morgan fingerprint density at radius 2 is 1.84 bits per heavy atom. The van der Waals surface area contributed by atoms with Gasteiger partial charge in [-0.2, -0.15) is 18.3 Å². The fraction of sp³-hybridized carbons (Fsp3) is 0.286. The maximum Gasteiger partial charge on any atom is 0.417 e. The number of halogens is 4. The SMILES string of the molecule is O=C(NCCNc1ccc(C(F)(F)F)cn1)c1nn(-c2ccc(F)cc2)c2c1CCC2. The molecule has 0 saturated carbocycles. The second kappa shape index (κ2) is 8.37. The molecule has 1 aliphatic carbocycles. The average Bonchev–Trinajstić information content (AvgIpc) is 3.34. The Morgan fingerprint density at radius 3 is 2.52 bits per heavy atom. The van der Waals surface area contributed by atoms with Crippen molar-refractivity contribution in [3.63, 3.8) is 0 Å². The minimum absolute atomic E-state index is 0.236. The lowest BCUT2D eigenvalue weighted by molar-refractivity contribution is -0.137. The Labute approximate surface area is 175 Å². The predicted octanol–water partition coefficient (Wildman–Crippen LogP) is 3.76. The largest absolute Gasteiger partial charge is 0.417 e. The van der Waals surface area contributed by atoms with Crippen molar-refractivity contribution in [2.75, 3.05) is 18.4 Å². The molecule has 2 aromatic heterocycles. The topological polar surface area (TPSA) is 71.8 Å². The van der Waals surface area contributed by atoms with Crippen LogP contribution < -0.4 is 10.6 Å². The maximum atomic E-state index is 13.2. The number of benzene rings is 1. The van der Waals surface area contributed by atoms with Gasteiger partial charge < -0.3 is 10.6 Å². The quantitative estimate of drug-likeness (QED) is 0.459. The van der Waals surface area contributed by atoms with E-state index in [4.69, 9.17) is 0 Å². The molecule has 10 heteroatoms. The molecule has 0 unspecified atom stereocenters. The number of fused-ring (bicyclic) bond motifs is 1. The van der Waals surface area contributed by atoms with E-state index in [-0.39, 0.29) is 30.6 Å². The molecule has 0 aliphatic heterocycles. The van der Waals surface area contributed by atoms with Gasteiger partial charge in [0.05, 0.1) is 11.3 Å². The number of hydrogen-bond acceptors (Lipinski definition) is 4. The van der Waals surface area contributed by atoms with Crippen LogP contribution in [0.2, 0.25) is 0 Å². The summed E-state index contributed by atoms with van der Waals surface area (Å²) in [6.07, 6.45) is -1.24. The van der Waals surface area contributed by atoms with Crippen molar-refractivity contribution in [3.8, 4) is 5.69 Å². The Balaban J connectivity index is 1.37. The van der Waals surface area contributed by atoms with Gasteiger partial charge in [0.1, 0.15) is 11.6 Å². The molecule has 0 atom stereocenters. The maximum absolute atomic E-state index is 13.2. The van der Waals surface area contributed by atoms with Crippen molar-refractivity contribution in [2.24, 2.45) is 0 Å². The van der Waals surface area contributed by atoms with E-state index in [2.05, 4.69) is 20.7 Å². The van der Waals surface area contributed by atoms with E-state index >= 15 is 0 Å². The number of nitrogens with one attached hydrogen (secondary N) is 2. The minimum atomic E-state index is -4.43. The summed E-state index contributed by atoms with van der Waals surface area (Å²) in [5.74, 6) is -0.398. The molecule has 2 N–H and O–H groups in total. The number of hydrogen-bond donors (Lipinski definition) is 2. The van der Waals surface area contributed by atoms with Crippen molar-refractivity contribution < 1.29 is 22.4 Å². The molecular formula is C21H19F4N5O. The lowest BCUT2D eigenvalue weighted by Crippen LogP contribution is -2.30. The first-order valence-corrected chi connectivity index (χ1v) is 9.75. The number of anilines is 1. The first-order valence-electron chi connectivity index (χ1n) is 9.75. The Kier molecular flexibility index (Phi) is 5.62. The van der Waals surface area contributed by atoms with Gasteiger partial charge in [0.25, 0.3) is 5.91 Å². The Bertz CT molecular complexity index is 1070. The zero-order valence-electron chi connectivity index (χ0n) is 16.3. The van der Waals surface area contributed by atoms with Crippen molar-refractivity contribution in [3.05, 3.63) is 70.9 Å². The number of nitrogens with zero attached hydrogens (tertiary/aromatic N) is 3. The van der Waals surface area contributed by atoms with Gasteiger partial charge in [0.15, 0.2) is 5.69 Å². The van der Waals surface area contributed by atoms with Crippen LogP contribution in [0, 0.1) is 5.82 Å². The first-order chi connectivity index (χ1) is 14.8. The van der Waals surface area contributed by atoms with Crippen LogP contribution in [-0.4, -0.2) is 33.8 Å². The molecule has 0 fully saturated rings. The second-order valence-corrected chi connectivity index (χ2v) is 7.13. The summed E-state index contributed by atoms with van der Waals surface area (Å²) < 4.78 is 52.6. The number of aromatic nitrogens is 3. The number of pyridine rings is 1. The molecule has 0 saturated heterocycles. The first kappa shape index (κ1) is 20.8. The van der Waals surface area contributed by atoms with Gasteiger partial charge in [-0.15, -0.1) is 0 Å². The fourth-order valence-electron chi connectivity index (χ4n) is 3.53. The molecule has 6 nitrogen and oxygen atoms in total. The zero-order valence-corrected chi connectivity index (χ0v) is 16.3. The van der Waals surface area contributed by atoms with Crippen LogP contribution in [-0.2, 0) is 19.0 Å². The van der Waals surface area contributed by atoms with Gasteiger partial charge in [-0.05, 0) is 55.7 Å². The van der Waals surface area contributed by atoms with E-state index in [1.165, 1.54) is 18.2 Å². The van der Waals surface area contributed by atoms with Crippen molar-refractivity contribution >= 4 is 11.7 Å². The number of rotatable bonds is 6. The fourth-order valence-corrected chi connectivity index (χ4v) is 3.53. The number of carbonyl (C=O) groups excluding carboxylic acids is 1. The smallest absolute Gasteiger partial charge is 0.368 e. The third-order valence-corrected chi connectivity index (χ3v) is 5.02. The van der Waals surface area contributed by atoms with Crippen LogP contribution in [0.5, 0.6) is 0 Å². The summed E-state index contributed by atoms with van der Waals surface area (Å²) in [5.41, 5.74) is 2.04. The molecule has 1 aromatic carbocycles. The highest BCUT2D eigenvalue weighted by molar-refractivity contribution is 5.94. The highest BCUT2D eigenvalue weighted by atomic mass is 19.4. The highest BCUT2D eigenvalue weighted by Gasteiger charge is 2.30. The molecule has 4 rings (SSSR count). The van der Waals surface area contributed by atoms with Crippen molar-refractivity contribution in [2.45, 2.75) is 25.4 Å². The second-order valence-electron chi connectivity index (χ2n) is 7.13. The predicted molar refractivity (Wildman–Crippen MR) is 106 cm³/mol. The van der Waals surface area contributed by atoms with Crippen LogP contribution in [0.4, 0.5) is 23.4 Å². The van der Waals surface area contributed by atoms with Crippen LogP contribution in [0.15, 0.2) is 42.6 Å². The third kappa shape index (κ3) is 4.52. The molecule has 0 spiro atoms. The molecular weight excluding hydrogens is 414 g/mol. The average molecular weight is 433 g/mol. The van der Waals surface area contributed by atoms with Gasteiger partial charge in [0, 0.05) is 30.5 Å². The number of amides is 1. The monoisotopic (exact) mass is 433 g/mol. The van der Waals surface area contributed by atoms with Crippen LogP contribution >= 0.6 is 0 Å². The van der Waals surface area contributed by atoms with Gasteiger partial charge in [0.2, 0.25) is 0 Å². The summed E-state index contributed by atoms with van der Waals surface area (Å²) in [4.78, 5) is 16.4. The summed E-state index contributed by atoms with van der Waals surface area (Å²) in [6.45, 7) is 0.519. The summed E-state index contributed by atoms with van der Waals surface area (Å²) >= 11 is 0.